The largest absolute Gasteiger partial charge is 0.334 e. The first-order valence-corrected chi connectivity index (χ1v) is 4.38. The van der Waals surface area contributed by atoms with Crippen molar-refractivity contribution in [3.05, 3.63) is 0 Å². The van der Waals surface area contributed by atoms with Crippen LogP contribution < -0.4 is 5.32 Å². The molecule has 2 amide bonds. The Kier molecular flexibility index (Phi) is 2.93. The quantitative estimate of drug-likeness (QED) is 0.614. The fourth-order valence-corrected chi connectivity index (χ4v) is 1.60. The summed E-state index contributed by atoms with van der Waals surface area (Å²) >= 11 is 1.11. The molecule has 0 spiro atoms. The van der Waals surface area contributed by atoms with Gasteiger partial charge in [0.15, 0.2) is 0 Å². The maximum Gasteiger partial charge on any atom is 0.279 e. The number of hydroxylamine groups is 2. The van der Waals surface area contributed by atoms with Gasteiger partial charge in [0, 0.05) is 12.8 Å². The summed E-state index contributed by atoms with van der Waals surface area (Å²) in [6.07, 6.45) is 0. The van der Waals surface area contributed by atoms with Gasteiger partial charge in [-0.05, 0) is 0 Å². The zero-order chi connectivity index (χ0) is 9.14. The van der Waals surface area contributed by atoms with Crippen LogP contribution in [0.15, 0.2) is 0 Å². The van der Waals surface area contributed by atoms with E-state index in [0.717, 1.165) is 16.8 Å². The molecule has 68 valence electrons. The number of carbonyl (C=O) groups excluding carboxylic acids is 2. The number of hydrogen-bond donors (Lipinski definition) is 1. The minimum Gasteiger partial charge on any atom is -0.334 e. The van der Waals surface area contributed by atoms with Crippen molar-refractivity contribution in [3.8, 4) is 0 Å². The van der Waals surface area contributed by atoms with Crippen LogP contribution in [0.2, 0.25) is 0 Å². The Bertz CT molecular complexity index is 209. The SMILES string of the molecule is CON(C)C(=O)C1CSC(=O)N1. The van der Waals surface area contributed by atoms with E-state index in [-0.39, 0.29) is 11.1 Å². The van der Waals surface area contributed by atoms with Gasteiger partial charge in [0.25, 0.3) is 11.1 Å². The summed E-state index contributed by atoms with van der Waals surface area (Å²) in [5, 5.41) is 3.47. The minimum atomic E-state index is -0.438. The Morgan fingerprint density at radius 1 is 1.83 bits per heavy atom. The second-order valence-corrected chi connectivity index (χ2v) is 3.31. The predicted octanol–water partition coefficient (Wildman–Crippen LogP) is -0.169. The second kappa shape index (κ2) is 3.77. The van der Waals surface area contributed by atoms with Gasteiger partial charge < -0.3 is 5.32 Å². The van der Waals surface area contributed by atoms with Crippen LogP contribution in [0.4, 0.5) is 4.79 Å². The molecule has 1 fully saturated rings. The molecule has 1 rings (SSSR count). The Balaban J connectivity index is 2.48. The Labute approximate surface area is 74.4 Å². The van der Waals surface area contributed by atoms with E-state index in [4.69, 9.17) is 0 Å². The number of rotatable bonds is 2. The van der Waals surface area contributed by atoms with Gasteiger partial charge in [-0.25, -0.2) is 5.06 Å². The molecule has 0 aromatic carbocycles. The van der Waals surface area contributed by atoms with Gasteiger partial charge in [0.2, 0.25) is 0 Å². The molecule has 5 nitrogen and oxygen atoms in total. The van der Waals surface area contributed by atoms with Gasteiger partial charge >= 0.3 is 0 Å². The van der Waals surface area contributed by atoms with Crippen molar-refractivity contribution in [2.24, 2.45) is 0 Å². The van der Waals surface area contributed by atoms with E-state index in [2.05, 4.69) is 10.2 Å². The molecule has 0 radical (unpaired) electrons. The van der Waals surface area contributed by atoms with Gasteiger partial charge in [0.1, 0.15) is 6.04 Å². The lowest BCUT2D eigenvalue weighted by molar-refractivity contribution is -0.170. The molecule has 0 aromatic heterocycles. The van der Waals surface area contributed by atoms with Gasteiger partial charge in [-0.15, -0.1) is 0 Å². The Hall–Kier alpha value is -0.750. The van der Waals surface area contributed by atoms with Gasteiger partial charge in [-0.1, -0.05) is 11.8 Å². The maximum atomic E-state index is 11.3. The molecule has 1 saturated heterocycles. The zero-order valence-corrected chi connectivity index (χ0v) is 7.68. The van der Waals surface area contributed by atoms with Gasteiger partial charge in [0.05, 0.1) is 7.11 Å². The molecule has 0 aliphatic carbocycles. The minimum absolute atomic E-state index is 0.155. The fourth-order valence-electron chi connectivity index (χ4n) is 0.827. The monoisotopic (exact) mass is 190 g/mol. The van der Waals surface area contributed by atoms with Gasteiger partial charge in [-0.2, -0.15) is 0 Å². The van der Waals surface area contributed by atoms with Gasteiger partial charge in [-0.3, -0.25) is 14.4 Å². The molecular formula is C6H10N2O3S. The first kappa shape index (κ1) is 9.34. The van der Waals surface area contributed by atoms with Crippen LogP contribution in [0.25, 0.3) is 0 Å². The van der Waals surface area contributed by atoms with Crippen LogP contribution in [0, 0.1) is 0 Å². The summed E-state index contributed by atoms with van der Waals surface area (Å²) < 4.78 is 0. The van der Waals surface area contributed by atoms with E-state index in [0.29, 0.717) is 5.75 Å². The molecular weight excluding hydrogens is 180 g/mol. The maximum absolute atomic E-state index is 11.3. The lowest BCUT2D eigenvalue weighted by Crippen LogP contribution is -2.43. The molecule has 12 heavy (non-hydrogen) atoms. The molecule has 0 aromatic rings. The van der Waals surface area contributed by atoms with Crippen molar-refractivity contribution in [2.75, 3.05) is 19.9 Å². The average Bonchev–Trinajstić information content (AvgIpc) is 2.49. The van der Waals surface area contributed by atoms with Crippen LogP contribution >= 0.6 is 11.8 Å². The third-order valence-electron chi connectivity index (χ3n) is 1.56. The van der Waals surface area contributed by atoms with Crippen LogP contribution in [-0.4, -0.2) is 42.2 Å². The fraction of sp³-hybridized carbons (Fsp3) is 0.667. The molecule has 1 unspecified atom stereocenters. The molecule has 1 aliphatic heterocycles. The number of carbonyl (C=O) groups is 2. The van der Waals surface area contributed by atoms with Crippen molar-refractivity contribution in [1.82, 2.24) is 10.4 Å². The first-order chi connectivity index (χ1) is 5.65. The topological polar surface area (TPSA) is 58.6 Å². The lowest BCUT2D eigenvalue weighted by Gasteiger charge is -2.17. The molecule has 0 bridgehead atoms. The highest BCUT2D eigenvalue weighted by atomic mass is 32.2. The van der Waals surface area contributed by atoms with E-state index >= 15 is 0 Å². The Morgan fingerprint density at radius 2 is 2.50 bits per heavy atom. The molecule has 6 heteroatoms. The standard InChI is InChI=1S/C6H10N2O3S/c1-8(11-2)5(9)4-3-12-6(10)7-4/h4H,3H2,1-2H3,(H,7,10). The molecule has 1 atom stereocenters. The molecule has 0 saturated carbocycles. The zero-order valence-electron chi connectivity index (χ0n) is 6.86. The van der Waals surface area contributed by atoms with Crippen molar-refractivity contribution < 1.29 is 14.4 Å². The van der Waals surface area contributed by atoms with Crippen molar-refractivity contribution in [1.29, 1.82) is 0 Å². The number of hydrogen-bond acceptors (Lipinski definition) is 4. The third-order valence-corrected chi connectivity index (χ3v) is 2.44. The predicted molar refractivity (Wildman–Crippen MR) is 44.6 cm³/mol. The molecule has 1 N–H and O–H groups in total. The number of nitrogens with zero attached hydrogens (tertiary/aromatic N) is 1. The Morgan fingerprint density at radius 3 is 2.92 bits per heavy atom. The van der Waals surface area contributed by atoms with E-state index < -0.39 is 6.04 Å². The molecule has 1 aliphatic rings. The summed E-state index contributed by atoms with van der Waals surface area (Å²) in [7, 11) is 2.92. The highest BCUT2D eigenvalue weighted by molar-refractivity contribution is 8.14. The second-order valence-electron chi connectivity index (χ2n) is 2.31. The summed E-state index contributed by atoms with van der Waals surface area (Å²) in [4.78, 5) is 26.7. The summed E-state index contributed by atoms with van der Waals surface area (Å²) in [5.41, 5.74) is 0. The summed E-state index contributed by atoms with van der Waals surface area (Å²) in [5.74, 6) is 0.251. The third kappa shape index (κ3) is 1.89. The smallest absolute Gasteiger partial charge is 0.279 e. The lowest BCUT2D eigenvalue weighted by atomic mass is 10.3. The highest BCUT2D eigenvalue weighted by Gasteiger charge is 2.30. The van der Waals surface area contributed by atoms with E-state index in [1.165, 1.54) is 14.2 Å². The molecule has 1 heterocycles. The number of amides is 2. The van der Waals surface area contributed by atoms with Crippen LogP contribution in [-0.2, 0) is 9.63 Å². The van der Waals surface area contributed by atoms with E-state index in [1.807, 2.05) is 0 Å². The van der Waals surface area contributed by atoms with E-state index in [9.17, 15) is 9.59 Å². The van der Waals surface area contributed by atoms with E-state index in [1.54, 1.807) is 0 Å². The first-order valence-electron chi connectivity index (χ1n) is 3.40. The van der Waals surface area contributed by atoms with Crippen LogP contribution in [0.5, 0.6) is 0 Å². The van der Waals surface area contributed by atoms with Crippen molar-refractivity contribution in [2.45, 2.75) is 6.04 Å². The number of nitrogens with one attached hydrogen (secondary N) is 1. The summed E-state index contributed by atoms with van der Waals surface area (Å²) in [6.45, 7) is 0. The normalized spacial score (nSPS) is 22.2. The summed E-state index contributed by atoms with van der Waals surface area (Å²) in [6, 6.07) is -0.438. The van der Waals surface area contributed by atoms with Crippen LogP contribution in [0.1, 0.15) is 0 Å². The number of likely N-dealkylation sites (N-methyl/N-ethyl adjacent to an activating group) is 1. The highest BCUT2D eigenvalue weighted by Crippen LogP contribution is 2.14. The number of thioether (sulfide) groups is 1. The van der Waals surface area contributed by atoms with Crippen molar-refractivity contribution >= 4 is 22.9 Å². The van der Waals surface area contributed by atoms with Crippen LogP contribution in [0.3, 0.4) is 0 Å². The average molecular weight is 190 g/mol. The van der Waals surface area contributed by atoms with Crippen molar-refractivity contribution in [3.63, 3.8) is 0 Å².